The molecule has 2 fully saturated rings. The molecule has 0 N–H and O–H groups in total. The fourth-order valence-corrected chi connectivity index (χ4v) is 3.70. The number of likely N-dealkylation sites (N-methyl/N-ethyl adjacent to an activating group) is 1. The number of hydrogen-bond donors (Lipinski definition) is 0. The number of halogens is 1. The van der Waals surface area contributed by atoms with Crippen molar-refractivity contribution >= 4 is 5.91 Å². The van der Waals surface area contributed by atoms with Gasteiger partial charge in [0, 0.05) is 25.2 Å². The van der Waals surface area contributed by atoms with E-state index in [-0.39, 0.29) is 23.1 Å². The molecule has 2 aliphatic rings. The van der Waals surface area contributed by atoms with E-state index in [1.807, 2.05) is 4.90 Å². The number of hydrogen-bond acceptors (Lipinski definition) is 4. The summed E-state index contributed by atoms with van der Waals surface area (Å²) in [5.74, 6) is -0.329. The summed E-state index contributed by atoms with van der Waals surface area (Å²) in [6.45, 7) is 2.56. The Kier molecular flexibility index (Phi) is 3.60. The van der Waals surface area contributed by atoms with Gasteiger partial charge < -0.3 is 4.90 Å². The highest BCUT2D eigenvalue weighted by Gasteiger charge is 2.46. The van der Waals surface area contributed by atoms with Crippen LogP contribution in [0.15, 0.2) is 30.6 Å². The lowest BCUT2D eigenvalue weighted by molar-refractivity contribution is -0.0411. The van der Waals surface area contributed by atoms with Gasteiger partial charge in [-0.05, 0) is 44.5 Å². The summed E-state index contributed by atoms with van der Waals surface area (Å²) >= 11 is 0. The lowest BCUT2D eigenvalue weighted by Crippen LogP contribution is -2.66. The average Bonchev–Trinajstić information content (AvgIpc) is 3.10. The number of amides is 1. The van der Waals surface area contributed by atoms with Crippen LogP contribution in [0.3, 0.4) is 0 Å². The van der Waals surface area contributed by atoms with Crippen LogP contribution in [0.25, 0.3) is 5.69 Å². The number of rotatable bonds is 2. The molecule has 0 radical (unpaired) electrons. The molecule has 1 amide bonds. The Labute approximate surface area is 139 Å². The number of likely N-dealkylation sites (tertiary alicyclic amines) is 2. The zero-order chi connectivity index (χ0) is 16.7. The van der Waals surface area contributed by atoms with Crippen LogP contribution in [0.4, 0.5) is 4.39 Å². The largest absolute Gasteiger partial charge is 0.334 e. The molecule has 126 valence electrons. The second-order valence-electron chi connectivity index (χ2n) is 6.72. The summed E-state index contributed by atoms with van der Waals surface area (Å²) in [4.78, 5) is 21.1. The van der Waals surface area contributed by atoms with Crippen molar-refractivity contribution in [2.45, 2.75) is 24.8 Å². The van der Waals surface area contributed by atoms with Crippen LogP contribution in [0.1, 0.15) is 29.9 Å². The summed E-state index contributed by atoms with van der Waals surface area (Å²) in [6.07, 6.45) is 4.73. The lowest BCUT2D eigenvalue weighted by Gasteiger charge is -2.55. The van der Waals surface area contributed by atoms with E-state index >= 15 is 0 Å². The van der Waals surface area contributed by atoms with E-state index in [0.29, 0.717) is 5.69 Å². The van der Waals surface area contributed by atoms with Crippen LogP contribution in [-0.4, -0.2) is 62.7 Å². The van der Waals surface area contributed by atoms with E-state index in [4.69, 9.17) is 0 Å². The SMILES string of the molecule is CN1CC[C@]12CCCN(C(=O)c1ncn(-c3cccc(F)c3)n1)C2. The first-order valence-electron chi connectivity index (χ1n) is 8.26. The van der Waals surface area contributed by atoms with E-state index in [2.05, 4.69) is 22.0 Å². The molecule has 7 heteroatoms. The quantitative estimate of drug-likeness (QED) is 0.842. The molecular weight excluding hydrogens is 309 g/mol. The molecule has 24 heavy (non-hydrogen) atoms. The van der Waals surface area contributed by atoms with Crippen LogP contribution >= 0.6 is 0 Å². The zero-order valence-electron chi connectivity index (χ0n) is 13.7. The maximum atomic E-state index is 13.3. The summed E-state index contributed by atoms with van der Waals surface area (Å²) in [7, 11) is 2.12. The Morgan fingerprint density at radius 1 is 1.29 bits per heavy atom. The molecule has 4 rings (SSSR count). The van der Waals surface area contributed by atoms with Crippen molar-refractivity contribution in [1.82, 2.24) is 24.6 Å². The minimum atomic E-state index is -0.345. The van der Waals surface area contributed by atoms with E-state index in [1.165, 1.54) is 23.1 Å². The first-order valence-corrected chi connectivity index (χ1v) is 8.26. The van der Waals surface area contributed by atoms with Gasteiger partial charge in [-0.15, -0.1) is 5.10 Å². The molecule has 0 bridgehead atoms. The van der Waals surface area contributed by atoms with Crippen molar-refractivity contribution in [3.8, 4) is 5.69 Å². The molecular formula is C17H20FN5O. The van der Waals surface area contributed by atoms with Crippen molar-refractivity contribution in [3.63, 3.8) is 0 Å². The molecule has 3 heterocycles. The Balaban J connectivity index is 1.53. The van der Waals surface area contributed by atoms with Crippen LogP contribution in [0, 0.1) is 5.82 Å². The van der Waals surface area contributed by atoms with Crippen LogP contribution in [0.5, 0.6) is 0 Å². The lowest BCUT2D eigenvalue weighted by atomic mass is 9.78. The zero-order valence-corrected chi connectivity index (χ0v) is 13.7. The second kappa shape index (κ2) is 5.66. The number of nitrogens with zero attached hydrogens (tertiary/aromatic N) is 5. The van der Waals surface area contributed by atoms with E-state index in [9.17, 15) is 9.18 Å². The van der Waals surface area contributed by atoms with Gasteiger partial charge in [0.1, 0.15) is 12.1 Å². The van der Waals surface area contributed by atoms with Gasteiger partial charge in [-0.1, -0.05) is 6.07 Å². The Morgan fingerprint density at radius 3 is 2.88 bits per heavy atom. The standard InChI is InChI=1S/C17H20FN5O/c1-21-9-7-17(21)6-3-8-22(11-17)16(24)15-19-12-23(20-15)14-5-2-4-13(18)10-14/h2,4-5,10,12H,3,6-9,11H2,1H3/t17-/m0/s1. The third-order valence-corrected chi connectivity index (χ3v) is 5.32. The van der Waals surface area contributed by atoms with Crippen molar-refractivity contribution in [2.24, 2.45) is 0 Å². The number of aromatic nitrogens is 3. The first kappa shape index (κ1) is 15.3. The van der Waals surface area contributed by atoms with Crippen molar-refractivity contribution in [2.75, 3.05) is 26.7 Å². The summed E-state index contributed by atoms with van der Waals surface area (Å²) < 4.78 is 14.8. The highest BCUT2D eigenvalue weighted by atomic mass is 19.1. The molecule has 0 unspecified atom stereocenters. The number of benzene rings is 1. The van der Waals surface area contributed by atoms with Crippen LogP contribution in [-0.2, 0) is 0 Å². The van der Waals surface area contributed by atoms with Gasteiger partial charge in [0.05, 0.1) is 5.69 Å². The maximum Gasteiger partial charge on any atom is 0.293 e. The van der Waals surface area contributed by atoms with Gasteiger partial charge in [0.15, 0.2) is 0 Å². The van der Waals surface area contributed by atoms with Crippen molar-refractivity contribution in [1.29, 1.82) is 0 Å². The predicted molar refractivity (Wildman–Crippen MR) is 86.4 cm³/mol. The monoisotopic (exact) mass is 329 g/mol. The molecule has 1 aromatic heterocycles. The molecule has 1 atom stereocenters. The van der Waals surface area contributed by atoms with Crippen LogP contribution in [0.2, 0.25) is 0 Å². The molecule has 2 aliphatic heterocycles. The van der Waals surface area contributed by atoms with E-state index < -0.39 is 0 Å². The Morgan fingerprint density at radius 2 is 2.17 bits per heavy atom. The summed E-state index contributed by atoms with van der Waals surface area (Å²) in [5.41, 5.74) is 0.689. The molecule has 6 nitrogen and oxygen atoms in total. The minimum Gasteiger partial charge on any atom is -0.334 e. The van der Waals surface area contributed by atoms with Gasteiger partial charge in [0.25, 0.3) is 5.91 Å². The molecule has 2 saturated heterocycles. The molecule has 0 saturated carbocycles. The molecule has 2 aromatic rings. The Bertz CT molecular complexity index is 776. The van der Waals surface area contributed by atoms with Gasteiger partial charge in [0.2, 0.25) is 5.82 Å². The fourth-order valence-electron chi connectivity index (χ4n) is 3.70. The van der Waals surface area contributed by atoms with Gasteiger partial charge in [-0.2, -0.15) is 0 Å². The topological polar surface area (TPSA) is 54.3 Å². The number of carbonyl (C=O) groups is 1. The minimum absolute atomic E-state index is 0.138. The average molecular weight is 329 g/mol. The van der Waals surface area contributed by atoms with Crippen molar-refractivity contribution < 1.29 is 9.18 Å². The maximum absolute atomic E-state index is 13.3. The first-order chi connectivity index (χ1) is 11.6. The summed E-state index contributed by atoms with van der Waals surface area (Å²) in [6, 6.07) is 6.07. The molecule has 1 spiro atoms. The van der Waals surface area contributed by atoms with E-state index in [0.717, 1.165) is 38.9 Å². The molecule has 0 aliphatic carbocycles. The normalized spacial score (nSPS) is 24.2. The third kappa shape index (κ3) is 2.49. The number of carbonyl (C=O) groups excluding carboxylic acids is 1. The second-order valence-corrected chi connectivity index (χ2v) is 6.72. The van der Waals surface area contributed by atoms with Gasteiger partial charge in [-0.3, -0.25) is 9.69 Å². The summed E-state index contributed by atoms with van der Waals surface area (Å²) in [5, 5.41) is 4.24. The number of piperidine rings is 1. The highest BCUT2D eigenvalue weighted by Crippen LogP contribution is 2.37. The fraction of sp³-hybridized carbons (Fsp3) is 0.471. The smallest absolute Gasteiger partial charge is 0.293 e. The third-order valence-electron chi connectivity index (χ3n) is 5.32. The Hall–Kier alpha value is -2.28. The van der Waals surface area contributed by atoms with E-state index in [1.54, 1.807) is 12.1 Å². The molecule has 1 aromatic carbocycles. The predicted octanol–water partition coefficient (Wildman–Crippen LogP) is 1.72. The van der Waals surface area contributed by atoms with Gasteiger partial charge in [-0.25, -0.2) is 14.1 Å². The van der Waals surface area contributed by atoms with Crippen molar-refractivity contribution in [3.05, 3.63) is 42.2 Å². The van der Waals surface area contributed by atoms with Crippen LogP contribution < -0.4 is 0 Å². The van der Waals surface area contributed by atoms with Gasteiger partial charge >= 0.3 is 0 Å². The highest BCUT2D eigenvalue weighted by molar-refractivity contribution is 5.90.